The van der Waals surface area contributed by atoms with Gasteiger partial charge in [-0.1, -0.05) is 42.5 Å². The predicted molar refractivity (Wildman–Crippen MR) is 116 cm³/mol. The molecule has 3 aromatic carbocycles. The Hall–Kier alpha value is -3.47. The summed E-state index contributed by atoms with van der Waals surface area (Å²) in [6.07, 6.45) is 2.01. The summed E-state index contributed by atoms with van der Waals surface area (Å²) in [4.78, 5) is 15.1. The molecule has 1 aliphatic heterocycles. The molecule has 2 heterocycles. The monoisotopic (exact) mass is 401 g/mol. The van der Waals surface area contributed by atoms with Gasteiger partial charge in [0.15, 0.2) is 11.5 Å². The summed E-state index contributed by atoms with van der Waals surface area (Å²) in [5.74, 6) is 1.55. The van der Waals surface area contributed by atoms with E-state index in [0.717, 1.165) is 44.4 Å². The molecule has 4 aromatic rings. The number of ether oxygens (including phenoxy) is 2. The Labute approximate surface area is 174 Å². The van der Waals surface area contributed by atoms with Crippen LogP contribution in [-0.4, -0.2) is 30.6 Å². The lowest BCUT2D eigenvalue weighted by atomic mass is 10.0. The number of carbonyl (C=O) groups excluding carboxylic acids is 1. The Morgan fingerprint density at radius 1 is 0.967 bits per heavy atom. The highest BCUT2D eigenvalue weighted by Crippen LogP contribution is 2.35. The molecule has 0 saturated carbocycles. The summed E-state index contributed by atoms with van der Waals surface area (Å²) < 4.78 is 17.2. The van der Waals surface area contributed by atoms with Gasteiger partial charge in [0.05, 0.1) is 12.7 Å². The van der Waals surface area contributed by atoms with Gasteiger partial charge >= 0.3 is 0 Å². The molecule has 152 valence electrons. The van der Waals surface area contributed by atoms with Crippen molar-refractivity contribution in [1.29, 1.82) is 0 Å². The first kappa shape index (κ1) is 18.6. The Bertz CT molecular complexity index is 1230. The summed E-state index contributed by atoms with van der Waals surface area (Å²) >= 11 is 0. The number of fused-ring (bicyclic) bond motifs is 4. The minimum Gasteiger partial charge on any atom is -0.486 e. The summed E-state index contributed by atoms with van der Waals surface area (Å²) in [5, 5.41) is 3.27. The fourth-order valence-corrected chi connectivity index (χ4v) is 4.12. The van der Waals surface area contributed by atoms with Crippen molar-refractivity contribution in [3.8, 4) is 11.5 Å². The van der Waals surface area contributed by atoms with Crippen LogP contribution in [-0.2, 0) is 17.8 Å². The number of hydrogen-bond acceptors (Lipinski definition) is 4. The van der Waals surface area contributed by atoms with Gasteiger partial charge < -0.3 is 18.8 Å². The van der Waals surface area contributed by atoms with Crippen LogP contribution < -0.4 is 9.47 Å². The molecule has 5 heteroatoms. The van der Waals surface area contributed by atoms with Gasteiger partial charge in [-0.3, -0.25) is 4.79 Å². The maximum absolute atomic E-state index is 13.2. The highest BCUT2D eigenvalue weighted by molar-refractivity contribution is 6.08. The van der Waals surface area contributed by atoms with Crippen LogP contribution in [0.1, 0.15) is 18.1 Å². The van der Waals surface area contributed by atoms with Crippen molar-refractivity contribution in [3.63, 3.8) is 0 Å². The van der Waals surface area contributed by atoms with Gasteiger partial charge in [-0.25, -0.2) is 0 Å². The highest BCUT2D eigenvalue weighted by Gasteiger charge is 2.21. The van der Waals surface area contributed by atoms with Crippen LogP contribution in [0.5, 0.6) is 11.5 Å². The van der Waals surface area contributed by atoms with Crippen LogP contribution >= 0.6 is 0 Å². The van der Waals surface area contributed by atoms with E-state index in [0.29, 0.717) is 32.7 Å². The van der Waals surface area contributed by atoms with Crippen molar-refractivity contribution < 1.29 is 18.7 Å². The van der Waals surface area contributed by atoms with Gasteiger partial charge in [0.1, 0.15) is 18.8 Å². The van der Waals surface area contributed by atoms with Gasteiger partial charge in [-0.05, 0) is 29.8 Å². The molecule has 0 unspecified atom stereocenters. The molecule has 5 rings (SSSR count). The van der Waals surface area contributed by atoms with E-state index >= 15 is 0 Å². The highest BCUT2D eigenvalue weighted by atomic mass is 16.6. The third-order valence-electron chi connectivity index (χ3n) is 5.63. The smallest absolute Gasteiger partial charge is 0.227 e. The summed E-state index contributed by atoms with van der Waals surface area (Å²) in [7, 11) is 0. The molecule has 0 saturated heterocycles. The number of rotatable bonds is 5. The van der Waals surface area contributed by atoms with E-state index in [1.165, 1.54) is 0 Å². The zero-order valence-corrected chi connectivity index (χ0v) is 16.9. The van der Waals surface area contributed by atoms with Gasteiger partial charge in [0.2, 0.25) is 5.91 Å². The van der Waals surface area contributed by atoms with Crippen LogP contribution in [0.4, 0.5) is 0 Å². The van der Waals surface area contributed by atoms with E-state index in [1.54, 1.807) is 6.26 Å². The third kappa shape index (κ3) is 3.26. The molecule has 1 aliphatic rings. The molecule has 0 spiro atoms. The number of likely N-dealkylation sites (N-methyl/N-ethyl adjacent to an activating group) is 1. The average Bonchev–Trinajstić information content (AvgIpc) is 3.20. The van der Waals surface area contributed by atoms with E-state index in [-0.39, 0.29) is 5.91 Å². The second kappa shape index (κ2) is 7.75. The third-order valence-corrected chi connectivity index (χ3v) is 5.63. The Kier molecular flexibility index (Phi) is 4.79. The molecule has 0 radical (unpaired) electrons. The zero-order valence-electron chi connectivity index (χ0n) is 16.9. The molecule has 30 heavy (non-hydrogen) atoms. The van der Waals surface area contributed by atoms with Crippen LogP contribution in [0.3, 0.4) is 0 Å². The van der Waals surface area contributed by atoms with E-state index in [1.807, 2.05) is 54.3 Å². The number of nitrogens with zero attached hydrogens (tertiary/aromatic N) is 1. The van der Waals surface area contributed by atoms with Gasteiger partial charge in [-0.15, -0.1) is 0 Å². The number of benzene rings is 3. The molecular weight excluding hydrogens is 378 g/mol. The first-order valence-electron chi connectivity index (χ1n) is 10.3. The topological polar surface area (TPSA) is 51.9 Å². The number of amides is 1. The Morgan fingerprint density at radius 2 is 1.83 bits per heavy atom. The maximum atomic E-state index is 13.2. The van der Waals surface area contributed by atoms with Gasteiger partial charge in [-0.2, -0.15) is 0 Å². The van der Waals surface area contributed by atoms with Crippen molar-refractivity contribution in [3.05, 3.63) is 72.0 Å². The van der Waals surface area contributed by atoms with Crippen molar-refractivity contribution in [2.75, 3.05) is 19.8 Å². The predicted octanol–water partition coefficient (Wildman–Crippen LogP) is 4.95. The van der Waals surface area contributed by atoms with Gasteiger partial charge in [0.25, 0.3) is 0 Å². The molecule has 0 fully saturated rings. The Morgan fingerprint density at radius 3 is 2.73 bits per heavy atom. The minimum absolute atomic E-state index is 0.0578. The van der Waals surface area contributed by atoms with Crippen molar-refractivity contribution in [2.24, 2.45) is 0 Å². The number of hydrogen-bond donors (Lipinski definition) is 0. The number of para-hydroxylation sites is 1. The normalized spacial score (nSPS) is 13.0. The fraction of sp³-hybridized carbons (Fsp3) is 0.240. The second-order valence-corrected chi connectivity index (χ2v) is 7.45. The number of carbonyl (C=O) groups is 1. The maximum Gasteiger partial charge on any atom is 0.227 e. The first-order valence-corrected chi connectivity index (χ1v) is 10.3. The SMILES string of the molecule is CCN(Cc1cccc2c1OCCO2)C(=O)Cc1coc2ccc3ccccc3c12. The zero-order chi connectivity index (χ0) is 20.5. The van der Waals surface area contributed by atoms with Gasteiger partial charge in [0, 0.05) is 29.6 Å². The van der Waals surface area contributed by atoms with Crippen LogP contribution in [0.2, 0.25) is 0 Å². The molecule has 5 nitrogen and oxygen atoms in total. The van der Waals surface area contributed by atoms with Crippen molar-refractivity contribution in [1.82, 2.24) is 4.90 Å². The second-order valence-electron chi connectivity index (χ2n) is 7.45. The standard InChI is InChI=1S/C25H23NO4/c1-2-26(15-18-7-5-9-22-25(18)29-13-12-28-22)23(27)14-19-16-30-21-11-10-17-6-3-4-8-20(17)24(19)21/h3-11,16H,2,12-15H2,1H3. The molecular formula is C25H23NO4. The van der Waals surface area contributed by atoms with Crippen molar-refractivity contribution in [2.45, 2.75) is 19.9 Å². The lowest BCUT2D eigenvalue weighted by Crippen LogP contribution is -2.32. The molecule has 1 amide bonds. The van der Waals surface area contributed by atoms with Crippen LogP contribution in [0, 0.1) is 0 Å². The molecule has 0 atom stereocenters. The van der Waals surface area contributed by atoms with E-state index in [4.69, 9.17) is 13.9 Å². The van der Waals surface area contributed by atoms with E-state index in [2.05, 4.69) is 12.1 Å². The lowest BCUT2D eigenvalue weighted by Gasteiger charge is -2.25. The summed E-state index contributed by atoms with van der Waals surface area (Å²) in [6, 6.07) is 18.0. The molecule has 1 aromatic heterocycles. The summed E-state index contributed by atoms with van der Waals surface area (Å²) in [5.41, 5.74) is 2.69. The fourth-order valence-electron chi connectivity index (χ4n) is 4.12. The molecule has 0 aliphatic carbocycles. The quantitative estimate of drug-likeness (QED) is 0.475. The molecule has 0 bridgehead atoms. The largest absolute Gasteiger partial charge is 0.486 e. The average molecular weight is 401 g/mol. The molecule has 0 N–H and O–H groups in total. The van der Waals surface area contributed by atoms with E-state index in [9.17, 15) is 4.79 Å². The minimum atomic E-state index is 0.0578. The van der Waals surface area contributed by atoms with Crippen molar-refractivity contribution >= 4 is 27.6 Å². The number of furan rings is 1. The van der Waals surface area contributed by atoms with E-state index < -0.39 is 0 Å². The summed E-state index contributed by atoms with van der Waals surface area (Å²) in [6.45, 7) is 4.17. The van der Waals surface area contributed by atoms with Crippen LogP contribution in [0.25, 0.3) is 21.7 Å². The lowest BCUT2D eigenvalue weighted by molar-refractivity contribution is -0.130. The van der Waals surface area contributed by atoms with Crippen LogP contribution in [0.15, 0.2) is 65.3 Å². The first-order chi connectivity index (χ1) is 14.7. The Balaban J connectivity index is 1.43.